The van der Waals surface area contributed by atoms with E-state index in [-0.39, 0.29) is 29.6 Å². The van der Waals surface area contributed by atoms with E-state index in [1.807, 2.05) is 6.07 Å². The maximum atomic E-state index is 12.3. The van der Waals surface area contributed by atoms with Crippen LogP contribution in [0.25, 0.3) is 0 Å². The topological polar surface area (TPSA) is 64.4 Å². The van der Waals surface area contributed by atoms with Crippen molar-refractivity contribution in [3.05, 3.63) is 35.9 Å². The van der Waals surface area contributed by atoms with Gasteiger partial charge in [0.05, 0.1) is 6.04 Å². The summed E-state index contributed by atoms with van der Waals surface area (Å²) in [6.07, 6.45) is 4.06. The lowest BCUT2D eigenvalue weighted by atomic mass is 9.91. The smallest absolute Gasteiger partial charge is 0.237 e. The van der Waals surface area contributed by atoms with Crippen molar-refractivity contribution in [3.8, 4) is 0 Å². The van der Waals surface area contributed by atoms with Gasteiger partial charge in [-0.15, -0.1) is 12.4 Å². The maximum Gasteiger partial charge on any atom is 0.237 e. The molecule has 1 aliphatic heterocycles. The van der Waals surface area contributed by atoms with E-state index in [1.165, 1.54) is 5.56 Å². The second kappa shape index (κ2) is 7.44. The fourth-order valence-electron chi connectivity index (χ4n) is 3.17. The van der Waals surface area contributed by atoms with Gasteiger partial charge in [0.15, 0.2) is 0 Å². The summed E-state index contributed by atoms with van der Waals surface area (Å²) in [5, 5.41) is 3.08. The molecule has 2 fully saturated rings. The number of hydrogen-bond acceptors (Lipinski definition) is 3. The van der Waals surface area contributed by atoms with Crippen LogP contribution in [0.5, 0.6) is 0 Å². The fraction of sp³-hybridized carbons (Fsp3) is 0.588. The molecule has 0 radical (unpaired) electrons. The van der Waals surface area contributed by atoms with Gasteiger partial charge in [-0.1, -0.05) is 30.3 Å². The van der Waals surface area contributed by atoms with Crippen molar-refractivity contribution in [2.24, 2.45) is 11.7 Å². The van der Waals surface area contributed by atoms with E-state index >= 15 is 0 Å². The first-order chi connectivity index (χ1) is 10.2. The predicted molar refractivity (Wildman–Crippen MR) is 89.1 cm³/mol. The number of nitrogens with two attached hydrogens (primary N) is 1. The largest absolute Gasteiger partial charge is 0.381 e. The molecule has 1 aromatic rings. The average molecular weight is 325 g/mol. The van der Waals surface area contributed by atoms with Crippen molar-refractivity contribution >= 4 is 18.3 Å². The minimum atomic E-state index is -0.402. The molecule has 1 heterocycles. The lowest BCUT2D eigenvalue weighted by Crippen LogP contribution is -2.48. The molecule has 22 heavy (non-hydrogen) atoms. The molecule has 1 saturated heterocycles. The zero-order valence-corrected chi connectivity index (χ0v) is 13.6. The zero-order valence-electron chi connectivity index (χ0n) is 12.8. The Morgan fingerprint density at radius 3 is 2.50 bits per heavy atom. The van der Waals surface area contributed by atoms with Gasteiger partial charge in [0.25, 0.3) is 0 Å². The summed E-state index contributed by atoms with van der Waals surface area (Å²) in [6.45, 7) is 2.14. The van der Waals surface area contributed by atoms with E-state index in [2.05, 4.69) is 29.6 Å². The summed E-state index contributed by atoms with van der Waals surface area (Å²) in [5.74, 6) is 0.245. The number of ether oxygens (including phenoxy) is 1. The Morgan fingerprint density at radius 1 is 1.27 bits per heavy atom. The predicted octanol–water partition coefficient (Wildman–Crippen LogP) is 2.01. The molecule has 0 spiro atoms. The molecule has 5 heteroatoms. The molecule has 122 valence electrons. The molecule has 3 N–H and O–H groups in total. The van der Waals surface area contributed by atoms with Gasteiger partial charge >= 0.3 is 0 Å². The van der Waals surface area contributed by atoms with Crippen molar-refractivity contribution < 1.29 is 9.53 Å². The van der Waals surface area contributed by atoms with Crippen LogP contribution in [0.4, 0.5) is 0 Å². The highest BCUT2D eigenvalue weighted by molar-refractivity contribution is 5.85. The van der Waals surface area contributed by atoms with Crippen LogP contribution in [0.2, 0.25) is 0 Å². The SMILES string of the molecule is Cl.NC(C(=O)NCC1(c2ccccc2)CC1)C1CCOCC1. The number of hydrogen-bond donors (Lipinski definition) is 2. The van der Waals surface area contributed by atoms with Gasteiger partial charge in [-0.3, -0.25) is 4.79 Å². The number of halogens is 1. The number of amides is 1. The molecule has 1 saturated carbocycles. The molecule has 1 amide bonds. The molecule has 4 nitrogen and oxygen atoms in total. The van der Waals surface area contributed by atoms with Crippen molar-refractivity contribution in [2.45, 2.75) is 37.1 Å². The van der Waals surface area contributed by atoms with Crippen LogP contribution in [0.1, 0.15) is 31.2 Å². The van der Waals surface area contributed by atoms with Crippen LogP contribution in [-0.4, -0.2) is 31.7 Å². The summed E-state index contributed by atoms with van der Waals surface area (Å²) in [4.78, 5) is 12.3. The molecule has 0 aromatic heterocycles. The first-order valence-electron chi connectivity index (χ1n) is 7.88. The van der Waals surface area contributed by atoms with Crippen LogP contribution in [-0.2, 0) is 14.9 Å². The van der Waals surface area contributed by atoms with Gasteiger partial charge in [-0.2, -0.15) is 0 Å². The van der Waals surface area contributed by atoms with Crippen LogP contribution in [0.15, 0.2) is 30.3 Å². The van der Waals surface area contributed by atoms with Crippen molar-refractivity contribution in [2.75, 3.05) is 19.8 Å². The van der Waals surface area contributed by atoms with E-state index in [0.29, 0.717) is 6.54 Å². The highest BCUT2D eigenvalue weighted by Gasteiger charge is 2.44. The number of carbonyl (C=O) groups excluding carboxylic acids is 1. The van der Waals surface area contributed by atoms with Crippen LogP contribution < -0.4 is 11.1 Å². The van der Waals surface area contributed by atoms with Gasteiger partial charge in [0.1, 0.15) is 0 Å². The van der Waals surface area contributed by atoms with Crippen molar-refractivity contribution in [3.63, 3.8) is 0 Å². The molecule has 3 rings (SSSR count). The third kappa shape index (κ3) is 3.80. The first-order valence-corrected chi connectivity index (χ1v) is 7.88. The minimum absolute atomic E-state index is 0. The van der Waals surface area contributed by atoms with E-state index < -0.39 is 6.04 Å². The standard InChI is InChI=1S/C17H24N2O2.ClH/c18-15(13-6-10-21-11-7-13)16(20)19-12-17(8-9-17)14-4-2-1-3-5-14;/h1-5,13,15H,6-12,18H2,(H,19,20);1H. The maximum absolute atomic E-state index is 12.3. The fourth-order valence-corrected chi connectivity index (χ4v) is 3.17. The third-order valence-electron chi connectivity index (χ3n) is 4.92. The van der Waals surface area contributed by atoms with E-state index in [1.54, 1.807) is 0 Å². The summed E-state index contributed by atoms with van der Waals surface area (Å²) >= 11 is 0. The van der Waals surface area contributed by atoms with Gasteiger partial charge in [-0.05, 0) is 37.2 Å². The molecule has 1 aliphatic carbocycles. The molecular formula is C17H25ClN2O2. The Labute approximate surface area is 138 Å². The Hall–Kier alpha value is -1.10. The quantitative estimate of drug-likeness (QED) is 0.871. The number of benzene rings is 1. The zero-order chi connectivity index (χ0) is 14.7. The van der Waals surface area contributed by atoms with E-state index in [4.69, 9.17) is 10.5 Å². The van der Waals surface area contributed by atoms with Gasteiger partial charge in [0.2, 0.25) is 5.91 Å². The van der Waals surface area contributed by atoms with E-state index in [0.717, 1.165) is 38.9 Å². The van der Waals surface area contributed by atoms with Crippen LogP contribution >= 0.6 is 12.4 Å². The summed E-state index contributed by atoms with van der Waals surface area (Å²) in [7, 11) is 0. The summed E-state index contributed by atoms with van der Waals surface area (Å²) < 4.78 is 5.32. The molecule has 1 unspecified atom stereocenters. The second-order valence-electron chi connectivity index (χ2n) is 6.34. The average Bonchev–Trinajstić information content (AvgIpc) is 3.35. The molecule has 1 aromatic carbocycles. The lowest BCUT2D eigenvalue weighted by Gasteiger charge is -2.27. The lowest BCUT2D eigenvalue weighted by molar-refractivity contribution is -0.124. The highest BCUT2D eigenvalue weighted by Crippen LogP contribution is 2.47. The third-order valence-corrected chi connectivity index (χ3v) is 4.92. The molecule has 0 bridgehead atoms. The summed E-state index contributed by atoms with van der Waals surface area (Å²) in [6, 6.07) is 10.0. The van der Waals surface area contributed by atoms with Crippen LogP contribution in [0, 0.1) is 5.92 Å². The Morgan fingerprint density at radius 2 is 1.91 bits per heavy atom. The van der Waals surface area contributed by atoms with Gasteiger partial charge in [-0.25, -0.2) is 0 Å². The van der Waals surface area contributed by atoms with Crippen molar-refractivity contribution in [1.82, 2.24) is 5.32 Å². The van der Waals surface area contributed by atoms with Crippen LogP contribution in [0.3, 0.4) is 0 Å². The highest BCUT2D eigenvalue weighted by atomic mass is 35.5. The number of nitrogens with one attached hydrogen (secondary N) is 1. The van der Waals surface area contributed by atoms with Gasteiger partial charge < -0.3 is 15.8 Å². The Balaban J connectivity index is 0.00000176. The second-order valence-corrected chi connectivity index (χ2v) is 6.34. The van der Waals surface area contributed by atoms with E-state index in [9.17, 15) is 4.79 Å². The normalized spacial score (nSPS) is 21.5. The summed E-state index contributed by atoms with van der Waals surface area (Å²) in [5.41, 5.74) is 7.58. The Kier molecular flexibility index (Phi) is 5.84. The first kappa shape index (κ1) is 17.3. The number of carbonyl (C=O) groups is 1. The van der Waals surface area contributed by atoms with Gasteiger partial charge in [0, 0.05) is 25.2 Å². The molecule has 2 aliphatic rings. The Bertz CT molecular complexity index is 485. The van der Waals surface area contributed by atoms with Crippen molar-refractivity contribution in [1.29, 1.82) is 0 Å². The molecule has 1 atom stereocenters. The number of rotatable bonds is 5. The monoisotopic (exact) mass is 324 g/mol. The molecular weight excluding hydrogens is 300 g/mol. The minimum Gasteiger partial charge on any atom is -0.381 e.